The summed E-state index contributed by atoms with van der Waals surface area (Å²) < 4.78 is 5.41. The van der Waals surface area contributed by atoms with Crippen molar-refractivity contribution in [2.45, 2.75) is 38.1 Å². The summed E-state index contributed by atoms with van der Waals surface area (Å²) in [5.74, 6) is 0. The lowest BCUT2D eigenvalue weighted by atomic mass is 10.0. The molecule has 6 heteroatoms. The number of aryl methyl sites for hydroxylation is 1. The highest BCUT2D eigenvalue weighted by molar-refractivity contribution is 5.17. The van der Waals surface area contributed by atoms with Crippen LogP contribution in [0, 0.1) is 6.92 Å². The molecule has 0 bridgehead atoms. The predicted octanol–water partition coefficient (Wildman–Crippen LogP) is 0.0183. The van der Waals surface area contributed by atoms with E-state index in [1.165, 1.54) is 5.56 Å². The van der Waals surface area contributed by atoms with Crippen molar-refractivity contribution in [3.05, 3.63) is 29.6 Å². The first-order chi connectivity index (χ1) is 11.1. The van der Waals surface area contributed by atoms with Gasteiger partial charge in [-0.2, -0.15) is 0 Å². The minimum atomic E-state index is -0.706. The molecule has 0 spiro atoms. The van der Waals surface area contributed by atoms with Gasteiger partial charge >= 0.3 is 0 Å². The Kier molecular flexibility index (Phi) is 5.61. The van der Waals surface area contributed by atoms with Gasteiger partial charge in [0.05, 0.1) is 37.2 Å². The largest absolute Gasteiger partial charge is 0.390 e. The van der Waals surface area contributed by atoms with Crippen LogP contribution in [0.15, 0.2) is 18.3 Å². The molecule has 6 nitrogen and oxygen atoms in total. The summed E-state index contributed by atoms with van der Waals surface area (Å²) in [6, 6.07) is 3.97. The molecule has 2 aliphatic heterocycles. The van der Waals surface area contributed by atoms with Crippen LogP contribution in [-0.2, 0) is 11.3 Å². The van der Waals surface area contributed by atoms with E-state index in [1.54, 1.807) is 0 Å². The molecule has 0 aliphatic carbocycles. The molecule has 2 fully saturated rings. The van der Waals surface area contributed by atoms with Gasteiger partial charge in [-0.3, -0.25) is 14.8 Å². The van der Waals surface area contributed by atoms with Crippen LogP contribution in [0.1, 0.15) is 17.7 Å². The zero-order chi connectivity index (χ0) is 16.2. The molecular formula is C17H27N3O3. The summed E-state index contributed by atoms with van der Waals surface area (Å²) in [6.45, 7) is 7.35. The molecular weight excluding hydrogens is 294 g/mol. The first-order valence-corrected chi connectivity index (χ1v) is 8.46. The van der Waals surface area contributed by atoms with E-state index in [0.717, 1.165) is 38.4 Å². The molecule has 0 radical (unpaired) electrons. The van der Waals surface area contributed by atoms with Gasteiger partial charge in [-0.25, -0.2) is 0 Å². The summed E-state index contributed by atoms with van der Waals surface area (Å²) in [5, 5.41) is 20.8. The van der Waals surface area contributed by atoms with Gasteiger partial charge in [0.15, 0.2) is 0 Å². The summed E-state index contributed by atoms with van der Waals surface area (Å²) in [4.78, 5) is 9.03. The van der Waals surface area contributed by atoms with Crippen LogP contribution in [0.5, 0.6) is 0 Å². The van der Waals surface area contributed by atoms with Crippen LogP contribution < -0.4 is 0 Å². The van der Waals surface area contributed by atoms with Crippen molar-refractivity contribution in [3.8, 4) is 0 Å². The fourth-order valence-corrected chi connectivity index (χ4v) is 3.49. The monoisotopic (exact) mass is 321 g/mol. The molecule has 2 saturated heterocycles. The number of hydrogen-bond donors (Lipinski definition) is 2. The second-order valence-corrected chi connectivity index (χ2v) is 6.56. The smallest absolute Gasteiger partial charge is 0.0966 e. The van der Waals surface area contributed by atoms with Crippen LogP contribution in [0.25, 0.3) is 0 Å². The van der Waals surface area contributed by atoms with Crippen molar-refractivity contribution in [1.29, 1.82) is 0 Å². The zero-order valence-corrected chi connectivity index (χ0v) is 13.8. The van der Waals surface area contributed by atoms with Crippen molar-refractivity contribution in [2.24, 2.45) is 0 Å². The maximum atomic E-state index is 10.5. The van der Waals surface area contributed by atoms with Gasteiger partial charge < -0.3 is 14.9 Å². The Balaban J connectivity index is 1.72. The van der Waals surface area contributed by atoms with E-state index in [1.807, 2.05) is 12.3 Å². The second-order valence-electron chi connectivity index (χ2n) is 6.56. The van der Waals surface area contributed by atoms with Crippen molar-refractivity contribution in [3.63, 3.8) is 0 Å². The molecule has 0 aromatic carbocycles. The van der Waals surface area contributed by atoms with Gasteiger partial charge in [0, 0.05) is 38.9 Å². The molecule has 1 aromatic heterocycles. The molecule has 3 atom stereocenters. The Morgan fingerprint density at radius 1 is 1.26 bits per heavy atom. The first kappa shape index (κ1) is 16.8. The molecule has 3 heterocycles. The lowest BCUT2D eigenvalue weighted by Crippen LogP contribution is -2.55. The number of hydrogen-bond acceptors (Lipinski definition) is 6. The molecule has 2 aliphatic rings. The lowest BCUT2D eigenvalue weighted by Gasteiger charge is -2.38. The van der Waals surface area contributed by atoms with Crippen LogP contribution in [-0.4, -0.2) is 82.6 Å². The average Bonchev–Trinajstić information content (AvgIpc) is 2.71. The van der Waals surface area contributed by atoms with Gasteiger partial charge in [-0.05, 0) is 25.0 Å². The maximum absolute atomic E-state index is 10.5. The van der Waals surface area contributed by atoms with Gasteiger partial charge in [-0.1, -0.05) is 6.07 Å². The third-order valence-corrected chi connectivity index (χ3v) is 4.98. The van der Waals surface area contributed by atoms with Gasteiger partial charge in [0.1, 0.15) is 0 Å². The quantitative estimate of drug-likeness (QED) is 0.818. The van der Waals surface area contributed by atoms with Gasteiger partial charge in [0.25, 0.3) is 0 Å². The number of aliphatic hydroxyl groups is 2. The number of aromatic nitrogens is 1. The molecule has 128 valence electrons. The van der Waals surface area contributed by atoms with Crippen molar-refractivity contribution in [2.75, 3.05) is 39.4 Å². The summed E-state index contributed by atoms with van der Waals surface area (Å²) >= 11 is 0. The molecule has 0 amide bonds. The molecule has 0 saturated carbocycles. The summed E-state index contributed by atoms with van der Waals surface area (Å²) in [6.07, 6.45) is 1.04. The Morgan fingerprint density at radius 3 is 2.78 bits per heavy atom. The Bertz CT molecular complexity index is 508. The standard InChI is InChI=1S/C17H27N3O3/c1-13-3-2-5-18-14(13)11-19-6-4-16(21)17(22)15(12-19)20-7-9-23-10-8-20/h2-3,5,15-17,21-22H,4,6-12H2,1H3/t15-,16-,17+/m1/s1. The fourth-order valence-electron chi connectivity index (χ4n) is 3.49. The Labute approximate surface area is 137 Å². The Morgan fingerprint density at radius 2 is 2.04 bits per heavy atom. The third kappa shape index (κ3) is 4.08. The molecule has 0 unspecified atom stereocenters. The number of morpholine rings is 1. The normalized spacial score (nSPS) is 31.0. The number of pyridine rings is 1. The number of aliphatic hydroxyl groups excluding tert-OH is 2. The topological polar surface area (TPSA) is 69.1 Å². The average molecular weight is 321 g/mol. The number of rotatable bonds is 3. The van der Waals surface area contributed by atoms with Crippen molar-refractivity contribution < 1.29 is 14.9 Å². The van der Waals surface area contributed by atoms with Crippen LogP contribution in [0.2, 0.25) is 0 Å². The third-order valence-electron chi connectivity index (χ3n) is 4.98. The summed E-state index contributed by atoms with van der Waals surface area (Å²) in [5.41, 5.74) is 2.25. The van der Waals surface area contributed by atoms with E-state index >= 15 is 0 Å². The van der Waals surface area contributed by atoms with E-state index in [-0.39, 0.29) is 6.04 Å². The fraction of sp³-hybridized carbons (Fsp3) is 0.706. The van der Waals surface area contributed by atoms with Crippen molar-refractivity contribution in [1.82, 2.24) is 14.8 Å². The highest BCUT2D eigenvalue weighted by Crippen LogP contribution is 2.20. The van der Waals surface area contributed by atoms with Crippen LogP contribution >= 0.6 is 0 Å². The number of likely N-dealkylation sites (tertiary alicyclic amines) is 1. The van der Waals surface area contributed by atoms with Crippen molar-refractivity contribution >= 4 is 0 Å². The van der Waals surface area contributed by atoms with E-state index < -0.39 is 12.2 Å². The highest BCUT2D eigenvalue weighted by Gasteiger charge is 2.36. The summed E-state index contributed by atoms with van der Waals surface area (Å²) in [7, 11) is 0. The number of ether oxygens (including phenoxy) is 1. The minimum absolute atomic E-state index is 0.0552. The SMILES string of the molecule is Cc1cccnc1CN1CC[C@@H](O)[C@@H](O)[C@H](N2CCOCC2)C1. The number of nitrogens with zero attached hydrogens (tertiary/aromatic N) is 3. The lowest BCUT2D eigenvalue weighted by molar-refractivity contribution is -0.0618. The molecule has 3 rings (SSSR count). The van der Waals surface area contributed by atoms with E-state index in [0.29, 0.717) is 19.6 Å². The predicted molar refractivity (Wildman–Crippen MR) is 87.1 cm³/mol. The van der Waals surface area contributed by atoms with E-state index in [4.69, 9.17) is 4.74 Å². The maximum Gasteiger partial charge on any atom is 0.0966 e. The highest BCUT2D eigenvalue weighted by atomic mass is 16.5. The zero-order valence-electron chi connectivity index (χ0n) is 13.8. The van der Waals surface area contributed by atoms with Gasteiger partial charge in [0.2, 0.25) is 0 Å². The molecule has 23 heavy (non-hydrogen) atoms. The minimum Gasteiger partial charge on any atom is -0.390 e. The Hall–Kier alpha value is -1.05. The van der Waals surface area contributed by atoms with Gasteiger partial charge in [-0.15, -0.1) is 0 Å². The second kappa shape index (κ2) is 7.68. The first-order valence-electron chi connectivity index (χ1n) is 8.46. The molecule has 2 N–H and O–H groups in total. The molecule has 1 aromatic rings. The van der Waals surface area contributed by atoms with E-state index in [9.17, 15) is 10.2 Å². The van der Waals surface area contributed by atoms with E-state index in [2.05, 4.69) is 27.8 Å². The van der Waals surface area contributed by atoms with Crippen LogP contribution in [0.4, 0.5) is 0 Å². The van der Waals surface area contributed by atoms with Crippen LogP contribution in [0.3, 0.4) is 0 Å².